The molecule has 0 aliphatic carbocycles. The predicted molar refractivity (Wildman–Crippen MR) is 72.6 cm³/mol. The summed E-state index contributed by atoms with van der Waals surface area (Å²) in [5, 5.41) is 17.3. The van der Waals surface area contributed by atoms with E-state index in [9.17, 15) is 0 Å². The number of ether oxygens (including phenoxy) is 1. The molecule has 0 radical (unpaired) electrons. The minimum Gasteiger partial charge on any atom is -0.496 e. The van der Waals surface area contributed by atoms with Crippen LogP contribution in [0.25, 0.3) is 6.08 Å². The number of hydrogen-bond acceptors (Lipinski definition) is 3. The first-order valence-corrected chi connectivity index (χ1v) is 6.04. The van der Waals surface area contributed by atoms with Gasteiger partial charge in [-0.15, -0.1) is 0 Å². The summed E-state index contributed by atoms with van der Waals surface area (Å²) >= 11 is 5.49. The van der Waals surface area contributed by atoms with Crippen LogP contribution in [0.5, 0.6) is 5.75 Å². The van der Waals surface area contributed by atoms with Gasteiger partial charge in [0.2, 0.25) is 0 Å². The van der Waals surface area contributed by atoms with Crippen LogP contribution in [0.15, 0.2) is 22.2 Å². The standard InChI is InChI=1S/C11H6BrIN2O/c1-16-11-4-9(12)8(3-10(11)13)2-7(5-14)6-15/h2-4H,1H3. The van der Waals surface area contributed by atoms with E-state index >= 15 is 0 Å². The van der Waals surface area contributed by atoms with Crippen molar-refractivity contribution in [2.24, 2.45) is 0 Å². The van der Waals surface area contributed by atoms with Crippen LogP contribution < -0.4 is 4.74 Å². The molecule has 3 nitrogen and oxygen atoms in total. The lowest BCUT2D eigenvalue weighted by Crippen LogP contribution is -1.89. The number of benzene rings is 1. The molecular formula is C11H6BrIN2O. The molecule has 0 aromatic heterocycles. The van der Waals surface area contributed by atoms with Crippen LogP contribution in [0, 0.1) is 26.2 Å². The largest absolute Gasteiger partial charge is 0.496 e. The molecule has 16 heavy (non-hydrogen) atoms. The second-order valence-corrected chi connectivity index (χ2v) is 4.81. The van der Waals surface area contributed by atoms with Crippen molar-refractivity contribution in [3.8, 4) is 17.9 Å². The Bertz CT molecular complexity index is 510. The Hall–Kier alpha value is -1.05. The number of hydrogen-bond donors (Lipinski definition) is 0. The third-order valence-corrected chi connectivity index (χ3v) is 3.34. The van der Waals surface area contributed by atoms with E-state index in [0.29, 0.717) is 0 Å². The number of nitriles is 2. The molecule has 1 rings (SSSR count). The molecule has 0 heterocycles. The lowest BCUT2D eigenvalue weighted by atomic mass is 10.1. The second-order valence-electron chi connectivity index (χ2n) is 2.79. The molecule has 1 aromatic rings. The van der Waals surface area contributed by atoms with Crippen LogP contribution in [0.3, 0.4) is 0 Å². The zero-order valence-corrected chi connectivity index (χ0v) is 12.0. The van der Waals surface area contributed by atoms with Crippen molar-refractivity contribution in [3.05, 3.63) is 31.3 Å². The zero-order valence-electron chi connectivity index (χ0n) is 8.29. The van der Waals surface area contributed by atoms with Crippen molar-refractivity contribution < 1.29 is 4.74 Å². The van der Waals surface area contributed by atoms with E-state index < -0.39 is 0 Å². The first kappa shape index (κ1) is 13.0. The highest BCUT2D eigenvalue weighted by molar-refractivity contribution is 14.1. The highest BCUT2D eigenvalue weighted by Gasteiger charge is 2.06. The Morgan fingerprint density at radius 1 is 1.44 bits per heavy atom. The maximum atomic E-state index is 8.67. The predicted octanol–water partition coefficient (Wildman–Crippen LogP) is 3.49. The summed E-state index contributed by atoms with van der Waals surface area (Å²) in [6.45, 7) is 0. The number of allylic oxidation sites excluding steroid dienone is 1. The molecule has 0 bridgehead atoms. The van der Waals surface area contributed by atoms with Gasteiger partial charge in [0.25, 0.3) is 0 Å². The highest BCUT2D eigenvalue weighted by Crippen LogP contribution is 2.29. The molecule has 0 atom stereocenters. The van der Waals surface area contributed by atoms with Crippen LogP contribution >= 0.6 is 38.5 Å². The topological polar surface area (TPSA) is 56.8 Å². The summed E-state index contributed by atoms with van der Waals surface area (Å²) in [5.41, 5.74) is 0.852. The van der Waals surface area contributed by atoms with E-state index in [4.69, 9.17) is 15.3 Å². The lowest BCUT2D eigenvalue weighted by Gasteiger charge is -2.06. The molecule has 0 aliphatic heterocycles. The SMILES string of the molecule is COc1cc(Br)c(C=C(C#N)C#N)cc1I. The van der Waals surface area contributed by atoms with Crippen LogP contribution in [-0.2, 0) is 0 Å². The smallest absolute Gasteiger partial charge is 0.133 e. The van der Waals surface area contributed by atoms with Gasteiger partial charge in [-0.1, -0.05) is 15.9 Å². The quantitative estimate of drug-likeness (QED) is 0.575. The minimum absolute atomic E-state index is 0.0710. The Morgan fingerprint density at radius 2 is 2.06 bits per heavy atom. The van der Waals surface area contributed by atoms with E-state index in [2.05, 4.69) is 38.5 Å². The maximum Gasteiger partial charge on any atom is 0.133 e. The van der Waals surface area contributed by atoms with Crippen molar-refractivity contribution in [1.82, 2.24) is 0 Å². The van der Waals surface area contributed by atoms with Crippen molar-refractivity contribution in [2.45, 2.75) is 0 Å². The fourth-order valence-electron chi connectivity index (χ4n) is 1.06. The summed E-state index contributed by atoms with van der Waals surface area (Å²) in [6, 6.07) is 7.29. The van der Waals surface area contributed by atoms with Gasteiger partial charge in [0.1, 0.15) is 23.5 Å². The molecule has 0 saturated carbocycles. The van der Waals surface area contributed by atoms with Crippen molar-refractivity contribution in [2.75, 3.05) is 7.11 Å². The lowest BCUT2D eigenvalue weighted by molar-refractivity contribution is 0.411. The normalized spacial score (nSPS) is 8.81. The molecule has 80 valence electrons. The maximum absolute atomic E-state index is 8.67. The Labute approximate surface area is 116 Å². The van der Waals surface area contributed by atoms with Crippen molar-refractivity contribution in [1.29, 1.82) is 10.5 Å². The molecule has 0 spiro atoms. The first-order valence-electron chi connectivity index (χ1n) is 4.17. The molecule has 0 amide bonds. The van der Waals surface area contributed by atoms with Gasteiger partial charge >= 0.3 is 0 Å². The van der Waals surface area contributed by atoms with E-state index in [1.807, 2.05) is 18.2 Å². The van der Waals surface area contributed by atoms with Gasteiger partial charge in [0, 0.05) is 4.47 Å². The number of rotatable bonds is 2. The van der Waals surface area contributed by atoms with Gasteiger partial charge in [-0.25, -0.2) is 0 Å². The van der Waals surface area contributed by atoms with Gasteiger partial charge in [-0.05, 0) is 46.4 Å². The minimum atomic E-state index is 0.0710. The third-order valence-electron chi connectivity index (χ3n) is 1.81. The van der Waals surface area contributed by atoms with Gasteiger partial charge in [-0.2, -0.15) is 10.5 Å². The summed E-state index contributed by atoms with van der Waals surface area (Å²) in [6.07, 6.45) is 1.53. The fourth-order valence-corrected chi connectivity index (χ4v) is 2.20. The van der Waals surface area contributed by atoms with E-state index in [1.165, 1.54) is 6.08 Å². The van der Waals surface area contributed by atoms with Crippen LogP contribution in [0.2, 0.25) is 0 Å². The summed E-state index contributed by atoms with van der Waals surface area (Å²) in [5.74, 6) is 0.750. The highest BCUT2D eigenvalue weighted by atomic mass is 127. The molecular weight excluding hydrogens is 383 g/mol. The molecule has 0 aliphatic rings. The van der Waals surface area contributed by atoms with Crippen LogP contribution in [0.1, 0.15) is 5.56 Å². The average Bonchev–Trinajstić information content (AvgIpc) is 2.29. The van der Waals surface area contributed by atoms with Crippen molar-refractivity contribution >= 4 is 44.6 Å². The number of nitrogens with zero attached hydrogens (tertiary/aromatic N) is 2. The molecule has 0 fully saturated rings. The Balaban J connectivity index is 3.29. The van der Waals surface area contributed by atoms with E-state index in [-0.39, 0.29) is 5.57 Å². The monoisotopic (exact) mass is 388 g/mol. The summed E-state index contributed by atoms with van der Waals surface area (Å²) in [4.78, 5) is 0. The van der Waals surface area contributed by atoms with Crippen LogP contribution in [-0.4, -0.2) is 7.11 Å². The zero-order chi connectivity index (χ0) is 12.1. The summed E-state index contributed by atoms with van der Waals surface area (Å²) in [7, 11) is 1.59. The van der Waals surface area contributed by atoms with E-state index in [0.717, 1.165) is 19.4 Å². The third kappa shape index (κ3) is 2.97. The molecule has 5 heteroatoms. The average molecular weight is 389 g/mol. The summed E-state index contributed by atoms with van der Waals surface area (Å²) < 4.78 is 6.86. The van der Waals surface area contributed by atoms with Crippen molar-refractivity contribution in [3.63, 3.8) is 0 Å². The van der Waals surface area contributed by atoms with Gasteiger partial charge in [-0.3, -0.25) is 0 Å². The molecule has 0 unspecified atom stereocenters. The number of halogens is 2. The van der Waals surface area contributed by atoms with E-state index in [1.54, 1.807) is 13.2 Å². The molecule has 0 saturated heterocycles. The fraction of sp³-hybridized carbons (Fsp3) is 0.0909. The number of methoxy groups -OCH3 is 1. The van der Waals surface area contributed by atoms with Gasteiger partial charge < -0.3 is 4.74 Å². The Morgan fingerprint density at radius 3 is 2.56 bits per heavy atom. The Kier molecular flexibility index (Phi) is 4.78. The van der Waals surface area contributed by atoms with Gasteiger partial charge in [0.15, 0.2) is 0 Å². The van der Waals surface area contributed by atoms with Crippen LogP contribution in [0.4, 0.5) is 0 Å². The first-order chi connectivity index (χ1) is 7.62. The molecule has 1 aromatic carbocycles. The molecule has 0 N–H and O–H groups in total. The second kappa shape index (κ2) is 5.88. The van der Waals surface area contributed by atoms with Gasteiger partial charge in [0.05, 0.1) is 10.7 Å².